The van der Waals surface area contributed by atoms with Gasteiger partial charge >= 0.3 is 5.63 Å². The lowest BCUT2D eigenvalue weighted by Gasteiger charge is -2.40. The molecule has 5 heteroatoms. The molecule has 0 bridgehead atoms. The van der Waals surface area contributed by atoms with Gasteiger partial charge in [-0.05, 0) is 62.7 Å². The van der Waals surface area contributed by atoms with Crippen molar-refractivity contribution in [3.05, 3.63) is 80.7 Å². The summed E-state index contributed by atoms with van der Waals surface area (Å²) >= 11 is 5.88. The fourth-order valence-electron chi connectivity index (χ4n) is 3.68. The first kappa shape index (κ1) is 18.5. The third kappa shape index (κ3) is 2.94. The predicted molar refractivity (Wildman–Crippen MR) is 114 cm³/mol. The Morgan fingerprint density at radius 3 is 2.46 bits per heavy atom. The van der Waals surface area contributed by atoms with E-state index in [0.717, 1.165) is 22.2 Å². The molecule has 4 nitrogen and oxygen atoms in total. The molecule has 2 aromatic carbocycles. The van der Waals surface area contributed by atoms with Crippen LogP contribution in [0.25, 0.3) is 16.5 Å². The van der Waals surface area contributed by atoms with Crippen LogP contribution in [0.3, 0.4) is 0 Å². The Balaban J connectivity index is 1.88. The van der Waals surface area contributed by atoms with E-state index >= 15 is 0 Å². The summed E-state index contributed by atoms with van der Waals surface area (Å²) in [4.78, 5) is 27.5. The number of anilines is 1. The molecule has 1 aromatic heterocycles. The van der Waals surface area contributed by atoms with Crippen molar-refractivity contribution in [3.8, 4) is 0 Å². The van der Waals surface area contributed by atoms with Crippen LogP contribution >= 0.6 is 11.6 Å². The standard InChI is InChI=1S/C23H20ClNO3/c1-13-12-23(2,3)25(4)19-11-20-15(9-17(13)19)10-18(22(27)28-20)21(26)14-5-7-16(24)8-6-14/h5-12H,1-4H3. The largest absolute Gasteiger partial charge is 0.422 e. The van der Waals surface area contributed by atoms with Gasteiger partial charge in [0.25, 0.3) is 0 Å². The van der Waals surface area contributed by atoms with Crippen molar-refractivity contribution < 1.29 is 9.21 Å². The molecule has 0 aliphatic carbocycles. The Morgan fingerprint density at radius 2 is 1.79 bits per heavy atom. The molecule has 3 aromatic rings. The molecule has 0 saturated carbocycles. The minimum Gasteiger partial charge on any atom is -0.422 e. The van der Waals surface area contributed by atoms with Crippen molar-refractivity contribution in [3.63, 3.8) is 0 Å². The van der Waals surface area contributed by atoms with E-state index in [2.05, 4.69) is 31.7 Å². The lowest BCUT2D eigenvalue weighted by Crippen LogP contribution is -2.42. The van der Waals surface area contributed by atoms with Gasteiger partial charge in [-0.3, -0.25) is 4.79 Å². The van der Waals surface area contributed by atoms with Gasteiger partial charge in [0.15, 0.2) is 5.78 Å². The summed E-state index contributed by atoms with van der Waals surface area (Å²) in [5, 5.41) is 1.25. The van der Waals surface area contributed by atoms with Crippen LogP contribution in [-0.4, -0.2) is 18.4 Å². The highest BCUT2D eigenvalue weighted by atomic mass is 35.5. The molecule has 0 radical (unpaired) electrons. The minimum absolute atomic E-state index is 0.0147. The van der Waals surface area contributed by atoms with Crippen LogP contribution in [0.2, 0.25) is 5.02 Å². The maximum atomic E-state index is 12.8. The number of halogens is 1. The van der Waals surface area contributed by atoms with Crippen molar-refractivity contribution in [2.45, 2.75) is 26.3 Å². The number of likely N-dealkylation sites (N-methyl/N-ethyl adjacent to an activating group) is 1. The number of allylic oxidation sites excluding steroid dienone is 1. The molecule has 1 aliphatic heterocycles. The van der Waals surface area contributed by atoms with E-state index in [1.807, 2.05) is 19.2 Å². The van der Waals surface area contributed by atoms with Crippen LogP contribution in [0.5, 0.6) is 0 Å². The van der Waals surface area contributed by atoms with E-state index < -0.39 is 5.63 Å². The molecule has 0 N–H and O–H groups in total. The molecular weight excluding hydrogens is 374 g/mol. The predicted octanol–water partition coefficient (Wildman–Crippen LogP) is 5.31. The Bertz CT molecular complexity index is 1200. The third-order valence-corrected chi connectivity index (χ3v) is 5.67. The molecule has 142 valence electrons. The van der Waals surface area contributed by atoms with E-state index in [-0.39, 0.29) is 16.9 Å². The average Bonchev–Trinajstić information content (AvgIpc) is 2.64. The normalized spacial score (nSPS) is 15.3. The molecule has 0 atom stereocenters. The van der Waals surface area contributed by atoms with E-state index in [1.54, 1.807) is 30.3 Å². The van der Waals surface area contributed by atoms with Crippen LogP contribution in [0, 0.1) is 0 Å². The molecule has 0 fully saturated rings. The molecule has 4 rings (SSSR count). The molecule has 1 aliphatic rings. The Morgan fingerprint density at radius 1 is 1.11 bits per heavy atom. The fraction of sp³-hybridized carbons (Fsp3) is 0.217. The summed E-state index contributed by atoms with van der Waals surface area (Å²) in [5.74, 6) is -0.379. The fourth-order valence-corrected chi connectivity index (χ4v) is 3.81. The van der Waals surface area contributed by atoms with Gasteiger partial charge in [-0.1, -0.05) is 17.7 Å². The third-order valence-electron chi connectivity index (χ3n) is 5.42. The summed E-state index contributed by atoms with van der Waals surface area (Å²) in [7, 11) is 2.02. The summed E-state index contributed by atoms with van der Waals surface area (Å²) in [6.45, 7) is 6.33. The zero-order chi connectivity index (χ0) is 20.2. The van der Waals surface area contributed by atoms with Gasteiger partial charge in [-0.25, -0.2) is 4.79 Å². The topological polar surface area (TPSA) is 50.5 Å². The summed E-state index contributed by atoms with van der Waals surface area (Å²) in [5.41, 5.74) is 3.30. The number of nitrogens with zero attached hydrogens (tertiary/aromatic N) is 1. The number of rotatable bonds is 2. The second kappa shape index (κ2) is 6.35. The van der Waals surface area contributed by atoms with Crippen molar-refractivity contribution in [1.82, 2.24) is 0 Å². The zero-order valence-corrected chi connectivity index (χ0v) is 16.9. The number of hydrogen-bond acceptors (Lipinski definition) is 4. The molecule has 0 unspecified atom stereocenters. The lowest BCUT2D eigenvalue weighted by molar-refractivity contribution is 0.103. The van der Waals surface area contributed by atoms with Crippen LogP contribution in [-0.2, 0) is 0 Å². The Hall–Kier alpha value is -2.85. The molecule has 0 saturated heterocycles. The average molecular weight is 394 g/mol. The highest BCUT2D eigenvalue weighted by Gasteiger charge is 2.29. The number of hydrogen-bond donors (Lipinski definition) is 0. The molecular formula is C23H20ClNO3. The second-order valence-corrected chi connectivity index (χ2v) is 8.17. The second-order valence-electron chi connectivity index (χ2n) is 7.73. The van der Waals surface area contributed by atoms with Crippen molar-refractivity contribution in [1.29, 1.82) is 0 Å². The summed E-state index contributed by atoms with van der Waals surface area (Å²) in [6.07, 6.45) is 2.21. The molecule has 28 heavy (non-hydrogen) atoms. The molecule has 2 heterocycles. The van der Waals surface area contributed by atoms with E-state index in [4.69, 9.17) is 16.0 Å². The van der Waals surface area contributed by atoms with E-state index in [0.29, 0.717) is 16.2 Å². The van der Waals surface area contributed by atoms with Crippen molar-refractivity contribution in [2.75, 3.05) is 11.9 Å². The summed E-state index contributed by atoms with van der Waals surface area (Å²) < 4.78 is 5.53. The number of carbonyl (C=O) groups excluding carboxylic acids is 1. The van der Waals surface area contributed by atoms with Gasteiger partial charge in [-0.15, -0.1) is 0 Å². The zero-order valence-electron chi connectivity index (χ0n) is 16.2. The first-order valence-corrected chi connectivity index (χ1v) is 9.41. The first-order chi connectivity index (χ1) is 13.2. The minimum atomic E-state index is -0.641. The van der Waals surface area contributed by atoms with Crippen LogP contribution < -0.4 is 10.5 Å². The van der Waals surface area contributed by atoms with Gasteiger partial charge in [0.05, 0.1) is 5.54 Å². The van der Waals surface area contributed by atoms with Crippen molar-refractivity contribution >= 4 is 39.6 Å². The van der Waals surface area contributed by atoms with Crippen LogP contribution in [0.4, 0.5) is 5.69 Å². The number of fused-ring (bicyclic) bond motifs is 2. The smallest absolute Gasteiger partial charge is 0.347 e. The van der Waals surface area contributed by atoms with Gasteiger partial charge in [-0.2, -0.15) is 0 Å². The quantitative estimate of drug-likeness (QED) is 0.437. The van der Waals surface area contributed by atoms with Crippen molar-refractivity contribution in [2.24, 2.45) is 0 Å². The van der Waals surface area contributed by atoms with Crippen LogP contribution in [0.1, 0.15) is 42.3 Å². The van der Waals surface area contributed by atoms with Gasteiger partial charge < -0.3 is 9.32 Å². The maximum absolute atomic E-state index is 12.8. The van der Waals surface area contributed by atoms with Gasteiger partial charge in [0.2, 0.25) is 0 Å². The first-order valence-electron chi connectivity index (χ1n) is 9.03. The Kier molecular flexibility index (Phi) is 4.20. The molecule has 0 spiro atoms. The lowest BCUT2D eigenvalue weighted by atomic mass is 9.88. The van der Waals surface area contributed by atoms with E-state index in [1.165, 1.54) is 0 Å². The molecule has 0 amide bonds. The van der Waals surface area contributed by atoms with E-state index in [9.17, 15) is 9.59 Å². The van der Waals surface area contributed by atoms with Gasteiger partial charge in [0.1, 0.15) is 11.1 Å². The Labute approximate surface area is 168 Å². The maximum Gasteiger partial charge on any atom is 0.347 e. The van der Waals surface area contributed by atoms with Crippen LogP contribution in [0.15, 0.2) is 57.8 Å². The highest BCUT2D eigenvalue weighted by Crippen LogP contribution is 2.39. The summed E-state index contributed by atoms with van der Waals surface area (Å²) in [6, 6.07) is 11.9. The number of benzene rings is 2. The van der Waals surface area contributed by atoms with Gasteiger partial charge in [0, 0.05) is 40.3 Å². The number of ketones is 1. The number of carbonyl (C=O) groups is 1. The SMILES string of the molecule is CC1=CC(C)(C)N(C)c2cc3oc(=O)c(C(=O)c4ccc(Cl)cc4)cc3cc21. The monoisotopic (exact) mass is 393 g/mol. The highest BCUT2D eigenvalue weighted by molar-refractivity contribution is 6.30.